The van der Waals surface area contributed by atoms with Gasteiger partial charge in [-0.05, 0) is 96.5 Å². The monoisotopic (exact) mass is 664 g/mol. The Morgan fingerprint density at radius 1 is 0.511 bits per heavy atom. The van der Waals surface area contributed by atoms with E-state index in [2.05, 4.69) is 109 Å². The van der Waals surface area contributed by atoms with Gasteiger partial charge in [-0.3, -0.25) is 0 Å². The van der Waals surface area contributed by atoms with Gasteiger partial charge >= 0.3 is 0 Å². The molecule has 0 unspecified atom stereocenters. The van der Waals surface area contributed by atoms with Crippen molar-refractivity contribution in [3.63, 3.8) is 0 Å². The first-order valence-corrected chi connectivity index (χ1v) is 18.5. The van der Waals surface area contributed by atoms with E-state index in [4.69, 9.17) is 0 Å². The Kier molecular flexibility index (Phi) is 9.11. The normalized spacial score (nSPS) is 11.1. The fraction of sp³-hybridized carbons (Fsp3) is 0.0476. The van der Waals surface area contributed by atoms with Crippen LogP contribution >= 0.6 is 22.7 Å². The number of aryl methyl sites for hydroxylation is 1. The summed E-state index contributed by atoms with van der Waals surface area (Å²) >= 11 is 3.57. The summed E-state index contributed by atoms with van der Waals surface area (Å²) < 4.78 is 27.5. The molecular weight excluding hydrogens is 633 g/mol. The van der Waals surface area contributed by atoms with Crippen LogP contribution in [-0.2, 0) is 17.1 Å². The average Bonchev–Trinajstić information content (AvgIpc) is 3.81. The molecule has 0 N–H and O–H groups in total. The van der Waals surface area contributed by atoms with Crippen molar-refractivity contribution in [2.24, 2.45) is 0 Å². The molecule has 0 spiro atoms. The number of thiophene rings is 2. The lowest BCUT2D eigenvalue weighted by Gasteiger charge is -2.17. The number of rotatable bonds is 3. The van der Waals surface area contributed by atoms with Crippen LogP contribution in [0.25, 0.3) is 63.6 Å². The lowest BCUT2D eigenvalue weighted by Crippen LogP contribution is -1.95. The summed E-state index contributed by atoms with van der Waals surface area (Å²) in [5.74, 6) is 0. The van der Waals surface area contributed by atoms with Gasteiger partial charge in [0.2, 0.25) is 0 Å². The Morgan fingerprint density at radius 2 is 1.06 bits per heavy atom. The van der Waals surface area contributed by atoms with Crippen LogP contribution in [0.1, 0.15) is 12.5 Å². The van der Waals surface area contributed by atoms with Gasteiger partial charge in [0, 0.05) is 20.2 Å². The minimum Gasteiger partial charge on any atom is -0.227 e. The second-order valence-corrected chi connectivity index (χ2v) is 14.1. The Labute approximate surface area is 284 Å². The van der Waals surface area contributed by atoms with Gasteiger partial charge in [-0.1, -0.05) is 122 Å². The van der Waals surface area contributed by atoms with Gasteiger partial charge in [0.15, 0.2) is 10.7 Å². The van der Waals surface area contributed by atoms with Gasteiger partial charge in [-0.2, -0.15) is 0 Å². The van der Waals surface area contributed by atoms with Gasteiger partial charge < -0.3 is 0 Å². The molecule has 2 nitrogen and oxygen atoms in total. The van der Waals surface area contributed by atoms with Crippen molar-refractivity contribution in [2.45, 2.75) is 18.2 Å². The molecule has 0 saturated heterocycles. The SMILES string of the molecule is CCc1cccc2c(-c3ccc4ccccc4c3)c3ccccc3c([SH](=O)=O)c12.c1ccc2sccc2c1.c1ccc2sccc2c1. The third-order valence-electron chi connectivity index (χ3n) is 8.43. The van der Waals surface area contributed by atoms with Crippen molar-refractivity contribution in [3.05, 3.63) is 162 Å². The molecule has 5 heteroatoms. The van der Waals surface area contributed by atoms with E-state index in [9.17, 15) is 8.42 Å². The maximum atomic E-state index is 12.4. The molecule has 0 saturated carbocycles. The Bertz CT molecular complexity index is 2440. The predicted octanol–water partition coefficient (Wildman–Crippen LogP) is 12.1. The van der Waals surface area contributed by atoms with Gasteiger partial charge in [0.1, 0.15) is 0 Å². The lowest BCUT2D eigenvalue weighted by atomic mass is 9.89. The zero-order valence-corrected chi connectivity index (χ0v) is 28.3. The average molecular weight is 665 g/mol. The fourth-order valence-electron chi connectivity index (χ4n) is 6.23. The maximum absolute atomic E-state index is 12.4. The lowest BCUT2D eigenvalue weighted by molar-refractivity contribution is 0.616. The largest absolute Gasteiger partial charge is 0.227 e. The van der Waals surface area contributed by atoms with Gasteiger partial charge in [-0.15, -0.1) is 22.7 Å². The number of fused-ring (bicyclic) bond motifs is 5. The number of thiol groups is 1. The highest BCUT2D eigenvalue weighted by molar-refractivity contribution is 7.73. The van der Waals surface area contributed by atoms with E-state index in [0.717, 1.165) is 44.7 Å². The van der Waals surface area contributed by atoms with Crippen molar-refractivity contribution in [3.8, 4) is 11.1 Å². The smallest absolute Gasteiger partial charge is 0.169 e. The van der Waals surface area contributed by atoms with E-state index in [1.54, 1.807) is 22.7 Å². The molecule has 0 aliphatic heterocycles. The van der Waals surface area contributed by atoms with Crippen LogP contribution in [0.3, 0.4) is 0 Å². The van der Waals surface area contributed by atoms with E-state index < -0.39 is 10.7 Å². The predicted molar refractivity (Wildman–Crippen MR) is 206 cm³/mol. The van der Waals surface area contributed by atoms with E-state index >= 15 is 0 Å². The fourth-order valence-corrected chi connectivity index (χ4v) is 8.65. The molecule has 7 aromatic carbocycles. The van der Waals surface area contributed by atoms with Crippen LogP contribution in [0.4, 0.5) is 0 Å². The quantitative estimate of drug-likeness (QED) is 0.151. The van der Waals surface area contributed by atoms with Crippen molar-refractivity contribution in [1.29, 1.82) is 0 Å². The molecule has 47 heavy (non-hydrogen) atoms. The van der Waals surface area contributed by atoms with Crippen molar-refractivity contribution >= 4 is 85.9 Å². The molecule has 2 aromatic heterocycles. The first-order valence-electron chi connectivity index (χ1n) is 15.6. The first kappa shape index (κ1) is 30.8. The topological polar surface area (TPSA) is 34.1 Å². The number of hydrogen-bond acceptors (Lipinski definition) is 4. The highest BCUT2D eigenvalue weighted by Crippen LogP contribution is 2.42. The molecule has 0 amide bonds. The Hall–Kier alpha value is -4.81. The molecule has 0 aliphatic rings. The highest BCUT2D eigenvalue weighted by Gasteiger charge is 2.18. The molecule has 9 aromatic rings. The molecule has 0 bridgehead atoms. The van der Waals surface area contributed by atoms with Crippen LogP contribution in [0.15, 0.2) is 161 Å². The molecule has 230 valence electrons. The highest BCUT2D eigenvalue weighted by atomic mass is 32.2. The summed E-state index contributed by atoms with van der Waals surface area (Å²) in [6, 6.07) is 49.8. The van der Waals surface area contributed by atoms with Gasteiger partial charge in [0.25, 0.3) is 0 Å². The van der Waals surface area contributed by atoms with E-state index in [-0.39, 0.29) is 0 Å². The standard InChI is InChI=1S/C26H20O2S.2C8H6S/c1-2-17-10-7-13-23-24(20-15-14-18-8-3-4-9-19(18)16-20)21-11-5-6-12-22(21)26(25(17)23)29(27)28;2*1-2-4-8-7(3-1)5-6-9-8/h3-16,29H,2H2,1H3;2*1-6H. The van der Waals surface area contributed by atoms with Crippen LogP contribution in [-0.4, -0.2) is 8.42 Å². The van der Waals surface area contributed by atoms with E-state index in [1.807, 2.05) is 54.6 Å². The molecule has 2 heterocycles. The third kappa shape index (κ3) is 6.30. The summed E-state index contributed by atoms with van der Waals surface area (Å²) in [6.07, 6.45) is 0.781. The zero-order valence-electron chi connectivity index (χ0n) is 25.8. The first-order chi connectivity index (χ1) is 23.1. The molecule has 0 fully saturated rings. The second kappa shape index (κ2) is 13.9. The van der Waals surface area contributed by atoms with Crippen LogP contribution in [0.5, 0.6) is 0 Å². The summed E-state index contributed by atoms with van der Waals surface area (Å²) in [5.41, 5.74) is 3.26. The third-order valence-corrected chi connectivity index (χ3v) is 11.1. The van der Waals surface area contributed by atoms with E-state index in [0.29, 0.717) is 4.90 Å². The molecular formula is C42H32O2S3. The Morgan fingerprint density at radius 3 is 1.68 bits per heavy atom. The van der Waals surface area contributed by atoms with Crippen molar-refractivity contribution in [2.75, 3.05) is 0 Å². The second-order valence-electron chi connectivity index (χ2n) is 11.2. The maximum Gasteiger partial charge on any atom is 0.169 e. The Balaban J connectivity index is 0.000000156. The van der Waals surface area contributed by atoms with E-state index in [1.165, 1.54) is 30.9 Å². The van der Waals surface area contributed by atoms with Gasteiger partial charge in [-0.25, -0.2) is 8.42 Å². The van der Waals surface area contributed by atoms with Crippen molar-refractivity contribution < 1.29 is 8.42 Å². The van der Waals surface area contributed by atoms with Crippen molar-refractivity contribution in [1.82, 2.24) is 0 Å². The minimum absolute atomic E-state index is 0.438. The van der Waals surface area contributed by atoms with Crippen LogP contribution < -0.4 is 0 Å². The number of benzene rings is 7. The molecule has 9 rings (SSSR count). The molecule has 0 aliphatic carbocycles. The van der Waals surface area contributed by atoms with Gasteiger partial charge in [0.05, 0.1) is 4.90 Å². The summed E-state index contributed by atoms with van der Waals surface area (Å²) in [7, 11) is -2.73. The van der Waals surface area contributed by atoms with Crippen LogP contribution in [0.2, 0.25) is 0 Å². The molecule has 0 radical (unpaired) electrons. The number of hydrogen-bond donors (Lipinski definition) is 1. The molecule has 0 atom stereocenters. The van der Waals surface area contributed by atoms with Crippen LogP contribution in [0, 0.1) is 0 Å². The zero-order chi connectivity index (χ0) is 32.2. The summed E-state index contributed by atoms with van der Waals surface area (Å²) in [5, 5.41) is 12.9. The summed E-state index contributed by atoms with van der Waals surface area (Å²) in [6.45, 7) is 2.07. The summed E-state index contributed by atoms with van der Waals surface area (Å²) in [4.78, 5) is 0.438. The minimum atomic E-state index is -2.73.